The van der Waals surface area contributed by atoms with Crippen molar-refractivity contribution in [3.63, 3.8) is 0 Å². The lowest BCUT2D eigenvalue weighted by molar-refractivity contribution is -0.135. The van der Waals surface area contributed by atoms with Crippen LogP contribution in [0.25, 0.3) is 0 Å². The molecule has 2 aromatic rings. The summed E-state index contributed by atoms with van der Waals surface area (Å²) in [5.74, 6) is 0.714. The van der Waals surface area contributed by atoms with Crippen LogP contribution in [0.4, 0.5) is 5.69 Å². The molecule has 0 saturated carbocycles. The Kier molecular flexibility index (Phi) is 7.11. The summed E-state index contributed by atoms with van der Waals surface area (Å²) in [6, 6.07) is 11.8. The maximum Gasteiger partial charge on any atom is 0.260 e. The SMILES string of the molecule is Cc1cccc(OCC(=O)N2CCN(CC(=O)Nc3c(C)cccc3C)CC2)c1C. The number of benzene rings is 2. The second-order valence-electron chi connectivity index (χ2n) is 7.96. The molecule has 6 heteroatoms. The quantitative estimate of drug-likeness (QED) is 0.797. The predicted molar refractivity (Wildman–Crippen MR) is 119 cm³/mol. The minimum Gasteiger partial charge on any atom is -0.483 e. The summed E-state index contributed by atoms with van der Waals surface area (Å²) in [5, 5.41) is 3.03. The summed E-state index contributed by atoms with van der Waals surface area (Å²) in [6.07, 6.45) is 0. The number of ether oxygens (including phenoxy) is 1. The fourth-order valence-corrected chi connectivity index (χ4v) is 3.66. The van der Waals surface area contributed by atoms with E-state index in [2.05, 4.69) is 10.2 Å². The first-order valence-corrected chi connectivity index (χ1v) is 10.4. The van der Waals surface area contributed by atoms with E-state index in [0.29, 0.717) is 32.7 Å². The number of piperazine rings is 1. The first kappa shape index (κ1) is 21.8. The Morgan fingerprint density at radius 1 is 0.900 bits per heavy atom. The summed E-state index contributed by atoms with van der Waals surface area (Å²) < 4.78 is 5.74. The number of hydrogen-bond donors (Lipinski definition) is 1. The van der Waals surface area contributed by atoms with E-state index in [1.54, 1.807) is 0 Å². The maximum absolute atomic E-state index is 12.5. The lowest BCUT2D eigenvalue weighted by atomic mass is 10.1. The third-order valence-corrected chi connectivity index (χ3v) is 5.74. The summed E-state index contributed by atoms with van der Waals surface area (Å²) in [7, 11) is 0. The Morgan fingerprint density at radius 3 is 2.17 bits per heavy atom. The van der Waals surface area contributed by atoms with Crippen LogP contribution < -0.4 is 10.1 Å². The average molecular weight is 410 g/mol. The third-order valence-electron chi connectivity index (χ3n) is 5.74. The van der Waals surface area contributed by atoms with Crippen molar-refractivity contribution in [1.82, 2.24) is 9.80 Å². The Morgan fingerprint density at radius 2 is 1.50 bits per heavy atom. The van der Waals surface area contributed by atoms with Gasteiger partial charge in [-0.25, -0.2) is 0 Å². The van der Waals surface area contributed by atoms with Gasteiger partial charge in [-0.1, -0.05) is 30.3 Å². The van der Waals surface area contributed by atoms with Gasteiger partial charge in [0.2, 0.25) is 5.91 Å². The molecule has 0 unspecified atom stereocenters. The van der Waals surface area contributed by atoms with Crippen molar-refractivity contribution in [3.8, 4) is 5.75 Å². The summed E-state index contributed by atoms with van der Waals surface area (Å²) in [4.78, 5) is 28.9. The van der Waals surface area contributed by atoms with Gasteiger partial charge >= 0.3 is 0 Å². The Bertz CT molecular complexity index is 898. The van der Waals surface area contributed by atoms with E-state index in [1.165, 1.54) is 0 Å². The van der Waals surface area contributed by atoms with Gasteiger partial charge in [0.05, 0.1) is 6.54 Å². The molecule has 1 saturated heterocycles. The predicted octanol–water partition coefficient (Wildman–Crippen LogP) is 3.08. The molecule has 3 rings (SSSR count). The number of amides is 2. The van der Waals surface area contributed by atoms with Gasteiger partial charge in [0, 0.05) is 31.9 Å². The maximum atomic E-state index is 12.5. The van der Waals surface area contributed by atoms with E-state index in [9.17, 15) is 9.59 Å². The molecule has 1 fully saturated rings. The number of para-hydroxylation sites is 1. The molecule has 2 amide bonds. The number of carbonyl (C=O) groups excluding carboxylic acids is 2. The molecule has 30 heavy (non-hydrogen) atoms. The summed E-state index contributed by atoms with van der Waals surface area (Å²) >= 11 is 0. The van der Waals surface area contributed by atoms with Crippen LogP contribution >= 0.6 is 0 Å². The monoisotopic (exact) mass is 409 g/mol. The van der Waals surface area contributed by atoms with Crippen LogP contribution in [-0.2, 0) is 9.59 Å². The first-order chi connectivity index (χ1) is 14.3. The molecule has 1 heterocycles. The second kappa shape index (κ2) is 9.76. The number of nitrogens with one attached hydrogen (secondary N) is 1. The van der Waals surface area contributed by atoms with Crippen LogP contribution in [0.5, 0.6) is 5.75 Å². The van der Waals surface area contributed by atoms with Crippen molar-refractivity contribution < 1.29 is 14.3 Å². The van der Waals surface area contributed by atoms with Crippen LogP contribution in [0.3, 0.4) is 0 Å². The lowest BCUT2D eigenvalue weighted by Gasteiger charge is -2.34. The second-order valence-corrected chi connectivity index (χ2v) is 7.96. The molecule has 0 aliphatic carbocycles. The highest BCUT2D eigenvalue weighted by molar-refractivity contribution is 5.93. The number of nitrogens with zero attached hydrogens (tertiary/aromatic N) is 2. The van der Waals surface area contributed by atoms with Crippen LogP contribution in [0.2, 0.25) is 0 Å². The van der Waals surface area contributed by atoms with Gasteiger partial charge in [-0.2, -0.15) is 0 Å². The van der Waals surface area contributed by atoms with Gasteiger partial charge < -0.3 is 15.0 Å². The largest absolute Gasteiger partial charge is 0.483 e. The minimum atomic E-state index is -0.0227. The highest BCUT2D eigenvalue weighted by Gasteiger charge is 2.23. The van der Waals surface area contributed by atoms with Gasteiger partial charge in [0.1, 0.15) is 5.75 Å². The molecule has 0 bridgehead atoms. The topological polar surface area (TPSA) is 61.9 Å². The summed E-state index contributed by atoms with van der Waals surface area (Å²) in [5.41, 5.74) is 5.21. The average Bonchev–Trinajstić information content (AvgIpc) is 2.72. The number of anilines is 1. The zero-order chi connectivity index (χ0) is 21.7. The minimum absolute atomic E-state index is 0.0180. The van der Waals surface area contributed by atoms with Crippen LogP contribution in [-0.4, -0.2) is 60.9 Å². The van der Waals surface area contributed by atoms with Crippen LogP contribution in [0.1, 0.15) is 22.3 Å². The third kappa shape index (κ3) is 5.39. The molecule has 0 radical (unpaired) electrons. The molecule has 2 aromatic carbocycles. The van der Waals surface area contributed by atoms with E-state index in [-0.39, 0.29) is 18.4 Å². The van der Waals surface area contributed by atoms with Gasteiger partial charge in [0.25, 0.3) is 5.91 Å². The molecule has 1 N–H and O–H groups in total. The zero-order valence-electron chi connectivity index (χ0n) is 18.3. The van der Waals surface area contributed by atoms with E-state index in [0.717, 1.165) is 33.7 Å². The number of aryl methyl sites for hydroxylation is 3. The van der Waals surface area contributed by atoms with Crippen molar-refractivity contribution in [2.75, 3.05) is 44.6 Å². The zero-order valence-corrected chi connectivity index (χ0v) is 18.3. The molecule has 1 aliphatic heterocycles. The van der Waals surface area contributed by atoms with Crippen molar-refractivity contribution in [2.45, 2.75) is 27.7 Å². The van der Waals surface area contributed by atoms with E-state index < -0.39 is 0 Å². The van der Waals surface area contributed by atoms with Crippen molar-refractivity contribution in [2.24, 2.45) is 0 Å². The van der Waals surface area contributed by atoms with E-state index >= 15 is 0 Å². The van der Waals surface area contributed by atoms with Crippen molar-refractivity contribution in [1.29, 1.82) is 0 Å². The molecule has 0 atom stereocenters. The Balaban J connectivity index is 1.44. The normalized spacial score (nSPS) is 14.5. The van der Waals surface area contributed by atoms with E-state index in [1.807, 2.05) is 69.0 Å². The Labute approximate surface area is 178 Å². The molecule has 0 aromatic heterocycles. The molecular formula is C24H31N3O3. The molecular weight excluding hydrogens is 378 g/mol. The van der Waals surface area contributed by atoms with Crippen LogP contribution in [0.15, 0.2) is 36.4 Å². The standard InChI is InChI=1S/C24H31N3O3/c1-17-7-6-10-21(20(17)4)30-16-23(29)27-13-11-26(12-14-27)15-22(28)25-24-18(2)8-5-9-19(24)3/h5-10H,11-16H2,1-4H3,(H,25,28). The molecule has 6 nitrogen and oxygen atoms in total. The number of carbonyl (C=O) groups is 2. The number of rotatable bonds is 6. The van der Waals surface area contributed by atoms with E-state index in [4.69, 9.17) is 4.74 Å². The number of hydrogen-bond acceptors (Lipinski definition) is 4. The molecule has 0 spiro atoms. The van der Waals surface area contributed by atoms with Crippen LogP contribution in [0, 0.1) is 27.7 Å². The highest BCUT2D eigenvalue weighted by Crippen LogP contribution is 2.21. The molecule has 1 aliphatic rings. The smallest absolute Gasteiger partial charge is 0.260 e. The van der Waals surface area contributed by atoms with Crippen molar-refractivity contribution in [3.05, 3.63) is 58.7 Å². The molecule has 160 valence electrons. The van der Waals surface area contributed by atoms with Gasteiger partial charge in [0.15, 0.2) is 6.61 Å². The van der Waals surface area contributed by atoms with Gasteiger partial charge in [-0.3, -0.25) is 14.5 Å². The summed E-state index contributed by atoms with van der Waals surface area (Å²) in [6.45, 7) is 10.9. The Hall–Kier alpha value is -2.86. The van der Waals surface area contributed by atoms with Crippen molar-refractivity contribution >= 4 is 17.5 Å². The van der Waals surface area contributed by atoms with Gasteiger partial charge in [-0.15, -0.1) is 0 Å². The van der Waals surface area contributed by atoms with Gasteiger partial charge in [-0.05, 0) is 56.0 Å². The fraction of sp³-hybridized carbons (Fsp3) is 0.417. The fourth-order valence-electron chi connectivity index (χ4n) is 3.66. The highest BCUT2D eigenvalue weighted by atomic mass is 16.5. The first-order valence-electron chi connectivity index (χ1n) is 10.4. The lowest BCUT2D eigenvalue weighted by Crippen LogP contribution is -2.51.